The second-order valence-corrected chi connectivity index (χ2v) is 5.70. The monoisotopic (exact) mass is 339 g/mol. The van der Waals surface area contributed by atoms with E-state index in [1.165, 1.54) is 7.11 Å². The van der Waals surface area contributed by atoms with Gasteiger partial charge in [0.2, 0.25) is 0 Å². The van der Waals surface area contributed by atoms with Crippen molar-refractivity contribution in [1.82, 2.24) is 0 Å². The zero-order valence-corrected chi connectivity index (χ0v) is 12.8. The summed E-state index contributed by atoms with van der Waals surface area (Å²) >= 11 is 0. The summed E-state index contributed by atoms with van der Waals surface area (Å²) < 4.78 is 21.1. The Balaban J connectivity index is 2.09. The lowest BCUT2D eigenvalue weighted by atomic mass is 9.98. The number of nitrogens with two attached hydrogens (primary N) is 1. The third kappa shape index (κ3) is 3.99. The van der Waals surface area contributed by atoms with Crippen molar-refractivity contribution in [1.29, 1.82) is 0 Å². The van der Waals surface area contributed by atoms with E-state index in [-0.39, 0.29) is 13.0 Å². The molecule has 2 aliphatic rings. The summed E-state index contributed by atoms with van der Waals surface area (Å²) in [6.45, 7) is -0.398. The molecule has 0 aliphatic carbocycles. The molecule has 4 unspecified atom stereocenters. The van der Waals surface area contributed by atoms with Crippen molar-refractivity contribution >= 4 is 0 Å². The van der Waals surface area contributed by atoms with Crippen molar-refractivity contribution in [2.45, 2.75) is 61.7 Å². The molecule has 2 saturated heterocycles. The Kier molecular flexibility index (Phi) is 6.68. The van der Waals surface area contributed by atoms with Crippen LogP contribution in [0.4, 0.5) is 0 Å². The van der Waals surface area contributed by atoms with E-state index in [1.807, 2.05) is 0 Å². The highest BCUT2D eigenvalue weighted by atomic mass is 16.7. The first-order valence-electron chi connectivity index (χ1n) is 7.45. The van der Waals surface area contributed by atoms with Gasteiger partial charge in [0.15, 0.2) is 12.6 Å². The van der Waals surface area contributed by atoms with E-state index in [1.54, 1.807) is 0 Å². The Labute approximate surface area is 133 Å². The minimum Gasteiger partial charge on any atom is -0.394 e. The van der Waals surface area contributed by atoms with Gasteiger partial charge in [-0.15, -0.1) is 0 Å². The zero-order valence-electron chi connectivity index (χ0n) is 12.8. The van der Waals surface area contributed by atoms with Crippen LogP contribution in [0.1, 0.15) is 6.42 Å². The molecule has 2 fully saturated rings. The summed E-state index contributed by atoms with van der Waals surface area (Å²) in [6.07, 6.45) is -10.3. The van der Waals surface area contributed by atoms with Gasteiger partial charge < -0.3 is 50.2 Å². The van der Waals surface area contributed by atoms with Gasteiger partial charge in [-0.3, -0.25) is 0 Å². The predicted octanol–water partition coefficient (Wildman–Crippen LogP) is -3.75. The van der Waals surface area contributed by atoms with Crippen LogP contribution in [0.3, 0.4) is 0 Å². The van der Waals surface area contributed by atoms with E-state index in [0.29, 0.717) is 0 Å². The minimum atomic E-state index is -1.45. The predicted molar refractivity (Wildman–Crippen MR) is 74.0 cm³/mol. The molecule has 10 heteroatoms. The number of rotatable bonds is 5. The second kappa shape index (κ2) is 8.12. The van der Waals surface area contributed by atoms with Gasteiger partial charge in [0.25, 0.3) is 0 Å². The molecule has 0 saturated carbocycles. The van der Waals surface area contributed by atoms with E-state index in [9.17, 15) is 25.5 Å². The van der Waals surface area contributed by atoms with Crippen LogP contribution in [0.2, 0.25) is 0 Å². The van der Waals surface area contributed by atoms with Crippen molar-refractivity contribution in [3.8, 4) is 0 Å². The number of aliphatic hydroxyl groups is 5. The van der Waals surface area contributed by atoms with Crippen LogP contribution in [0.5, 0.6) is 0 Å². The number of hydrogen-bond donors (Lipinski definition) is 6. The highest BCUT2D eigenvalue weighted by Gasteiger charge is 2.48. The maximum Gasteiger partial charge on any atom is 0.186 e. The molecule has 0 bridgehead atoms. The molecule has 0 aromatic rings. The van der Waals surface area contributed by atoms with Gasteiger partial charge in [0.1, 0.15) is 30.5 Å². The molecular formula is C13H25NO9. The average molecular weight is 339 g/mol. The van der Waals surface area contributed by atoms with Gasteiger partial charge in [-0.2, -0.15) is 0 Å². The van der Waals surface area contributed by atoms with Crippen LogP contribution in [-0.2, 0) is 18.9 Å². The highest BCUT2D eigenvalue weighted by molar-refractivity contribution is 4.92. The SMILES string of the molecule is CO[C@H]1OC(CO)[C@@H](O[C@H]2OC(CN)C[C@H](O)C2O)[C@H](O)C1O. The van der Waals surface area contributed by atoms with Crippen molar-refractivity contribution in [3.05, 3.63) is 0 Å². The topological polar surface area (TPSA) is 164 Å². The van der Waals surface area contributed by atoms with Crippen LogP contribution in [0.15, 0.2) is 0 Å². The lowest BCUT2D eigenvalue weighted by Crippen LogP contribution is -2.62. The van der Waals surface area contributed by atoms with Gasteiger partial charge in [-0.05, 0) is 0 Å². The molecule has 0 aromatic carbocycles. The summed E-state index contributed by atoms with van der Waals surface area (Å²) in [6, 6.07) is 0. The number of hydrogen-bond acceptors (Lipinski definition) is 10. The molecule has 0 amide bonds. The molecule has 136 valence electrons. The first kappa shape index (κ1) is 18.9. The van der Waals surface area contributed by atoms with Gasteiger partial charge in [-0.25, -0.2) is 0 Å². The molecular weight excluding hydrogens is 314 g/mol. The standard InChI is InChI=1S/C13H25NO9/c1-20-12-10(19)9(18)11(7(4-15)22-12)23-13-8(17)6(16)2-5(3-14)21-13/h5-13,15-19H,2-4,14H2,1H3/t5?,6-,7?,8?,9+,10?,11+,12-,13+/m0/s1. The molecule has 0 spiro atoms. The number of ether oxygens (including phenoxy) is 4. The molecule has 10 nitrogen and oxygen atoms in total. The van der Waals surface area contributed by atoms with Gasteiger partial charge in [-0.1, -0.05) is 0 Å². The Morgan fingerprint density at radius 3 is 2.30 bits per heavy atom. The number of methoxy groups -OCH3 is 1. The fourth-order valence-electron chi connectivity index (χ4n) is 2.75. The molecule has 9 atom stereocenters. The Bertz CT molecular complexity index is 371. The third-order valence-corrected chi connectivity index (χ3v) is 4.11. The van der Waals surface area contributed by atoms with Crippen molar-refractivity contribution < 1.29 is 44.5 Å². The summed E-state index contributed by atoms with van der Waals surface area (Å²) in [7, 11) is 1.28. The Hall–Kier alpha value is -0.400. The summed E-state index contributed by atoms with van der Waals surface area (Å²) in [5, 5.41) is 49.3. The lowest BCUT2D eigenvalue weighted by molar-refractivity contribution is -0.345. The third-order valence-electron chi connectivity index (χ3n) is 4.11. The summed E-state index contributed by atoms with van der Waals surface area (Å²) in [5.74, 6) is 0. The first-order chi connectivity index (χ1) is 10.9. The molecule has 2 aliphatic heterocycles. The largest absolute Gasteiger partial charge is 0.394 e. The van der Waals surface area contributed by atoms with E-state index in [0.717, 1.165) is 0 Å². The second-order valence-electron chi connectivity index (χ2n) is 5.70. The molecule has 7 N–H and O–H groups in total. The normalized spacial score (nSPS) is 48.4. The highest BCUT2D eigenvalue weighted by Crippen LogP contribution is 2.28. The summed E-state index contributed by atoms with van der Waals surface area (Å²) in [5.41, 5.74) is 5.50. The number of aliphatic hydroxyl groups excluding tert-OH is 5. The first-order valence-corrected chi connectivity index (χ1v) is 7.45. The maximum absolute atomic E-state index is 10.2. The van der Waals surface area contributed by atoms with Crippen molar-refractivity contribution in [3.63, 3.8) is 0 Å². The smallest absolute Gasteiger partial charge is 0.186 e. The Morgan fingerprint density at radius 1 is 1.04 bits per heavy atom. The van der Waals surface area contributed by atoms with E-state index < -0.39 is 61.9 Å². The molecule has 2 heterocycles. The van der Waals surface area contributed by atoms with E-state index in [4.69, 9.17) is 24.7 Å². The fourth-order valence-corrected chi connectivity index (χ4v) is 2.75. The quantitative estimate of drug-likeness (QED) is 0.293. The Morgan fingerprint density at radius 2 is 1.74 bits per heavy atom. The molecule has 0 radical (unpaired) electrons. The molecule has 0 aromatic heterocycles. The van der Waals surface area contributed by atoms with Crippen LogP contribution >= 0.6 is 0 Å². The lowest BCUT2D eigenvalue weighted by Gasteiger charge is -2.44. The molecule has 23 heavy (non-hydrogen) atoms. The van der Waals surface area contributed by atoms with Gasteiger partial charge >= 0.3 is 0 Å². The zero-order chi connectivity index (χ0) is 17.1. The van der Waals surface area contributed by atoms with Gasteiger partial charge in [0.05, 0.1) is 18.8 Å². The van der Waals surface area contributed by atoms with Crippen LogP contribution < -0.4 is 5.73 Å². The van der Waals surface area contributed by atoms with E-state index in [2.05, 4.69) is 0 Å². The van der Waals surface area contributed by atoms with Crippen LogP contribution in [-0.4, -0.2) is 101 Å². The van der Waals surface area contributed by atoms with Crippen molar-refractivity contribution in [2.24, 2.45) is 5.73 Å². The van der Waals surface area contributed by atoms with Gasteiger partial charge in [0, 0.05) is 20.1 Å². The fraction of sp³-hybridized carbons (Fsp3) is 1.00. The van der Waals surface area contributed by atoms with Crippen LogP contribution in [0.25, 0.3) is 0 Å². The van der Waals surface area contributed by atoms with Crippen molar-refractivity contribution in [2.75, 3.05) is 20.3 Å². The van der Waals surface area contributed by atoms with E-state index >= 15 is 0 Å². The molecule has 2 rings (SSSR count). The summed E-state index contributed by atoms with van der Waals surface area (Å²) in [4.78, 5) is 0. The minimum absolute atomic E-state index is 0.116. The average Bonchev–Trinajstić information content (AvgIpc) is 2.55. The maximum atomic E-state index is 10.2. The van der Waals surface area contributed by atoms with Crippen LogP contribution in [0, 0.1) is 0 Å².